The maximum absolute atomic E-state index is 12.8. The van der Waals surface area contributed by atoms with Crippen LogP contribution in [-0.2, 0) is 0 Å². The molecule has 0 amide bonds. The minimum Gasteiger partial charge on any atom is -0.489 e. The zero-order valence-corrected chi connectivity index (χ0v) is 7.17. The number of halogens is 1. The maximum Gasteiger partial charge on any atom is 0.149 e. The second-order valence-electron chi connectivity index (χ2n) is 2.82. The van der Waals surface area contributed by atoms with Gasteiger partial charge in [-0.2, -0.15) is 0 Å². The highest BCUT2D eigenvalue weighted by Gasteiger charge is 2.05. The molecule has 1 aromatic rings. The topological polar surface area (TPSA) is 35.2 Å². The van der Waals surface area contributed by atoms with E-state index in [-0.39, 0.29) is 11.8 Å². The number of nitrogens with two attached hydrogens (primary N) is 1. The summed E-state index contributed by atoms with van der Waals surface area (Å²) in [5.74, 6) is -0.0295. The second-order valence-corrected chi connectivity index (χ2v) is 2.82. The molecule has 12 heavy (non-hydrogen) atoms. The lowest BCUT2D eigenvalue weighted by Crippen LogP contribution is -2.08. The highest BCUT2D eigenvalue weighted by Crippen LogP contribution is 2.24. The van der Waals surface area contributed by atoms with Crippen LogP contribution in [0.2, 0.25) is 0 Å². The number of ether oxygens (including phenoxy) is 1. The molecule has 0 radical (unpaired) electrons. The first-order valence-corrected chi connectivity index (χ1v) is 3.82. The minimum atomic E-state index is -0.437. The molecular weight excluding hydrogens is 157 g/mol. The Labute approximate surface area is 71.1 Å². The number of anilines is 1. The van der Waals surface area contributed by atoms with Crippen molar-refractivity contribution < 1.29 is 9.13 Å². The molecule has 2 nitrogen and oxygen atoms in total. The maximum atomic E-state index is 12.8. The fourth-order valence-electron chi connectivity index (χ4n) is 0.874. The summed E-state index contributed by atoms with van der Waals surface area (Å²) >= 11 is 0. The van der Waals surface area contributed by atoms with E-state index in [2.05, 4.69) is 0 Å². The summed E-state index contributed by atoms with van der Waals surface area (Å²) in [5, 5.41) is 0. The molecule has 0 atom stereocenters. The summed E-state index contributed by atoms with van der Waals surface area (Å²) in [6.45, 7) is 3.73. The molecule has 0 spiro atoms. The first kappa shape index (κ1) is 8.84. The fourth-order valence-corrected chi connectivity index (χ4v) is 0.874. The van der Waals surface area contributed by atoms with Gasteiger partial charge in [0.2, 0.25) is 0 Å². The van der Waals surface area contributed by atoms with Crippen molar-refractivity contribution in [2.24, 2.45) is 0 Å². The summed E-state index contributed by atoms with van der Waals surface area (Å²) in [6, 6.07) is 4.53. The summed E-state index contributed by atoms with van der Waals surface area (Å²) in [6.07, 6.45) is 0.00843. The predicted molar refractivity (Wildman–Crippen MR) is 46.6 cm³/mol. The molecule has 0 saturated carbocycles. The fraction of sp³-hybridized carbons (Fsp3) is 0.333. The third kappa shape index (κ3) is 1.87. The van der Waals surface area contributed by atoms with Gasteiger partial charge in [-0.25, -0.2) is 4.39 Å². The lowest BCUT2D eigenvalue weighted by Gasteiger charge is -2.11. The third-order valence-corrected chi connectivity index (χ3v) is 1.38. The van der Waals surface area contributed by atoms with Gasteiger partial charge in [0, 0.05) is 0 Å². The van der Waals surface area contributed by atoms with Gasteiger partial charge in [0.15, 0.2) is 0 Å². The van der Waals surface area contributed by atoms with Crippen LogP contribution in [0, 0.1) is 5.82 Å². The van der Waals surface area contributed by atoms with Crippen molar-refractivity contribution in [2.75, 3.05) is 5.73 Å². The Kier molecular flexibility index (Phi) is 2.53. The zero-order chi connectivity index (χ0) is 9.14. The first-order valence-electron chi connectivity index (χ1n) is 3.82. The van der Waals surface area contributed by atoms with Crippen LogP contribution in [0.25, 0.3) is 0 Å². The molecule has 0 aromatic heterocycles. The van der Waals surface area contributed by atoms with Gasteiger partial charge < -0.3 is 10.5 Å². The van der Waals surface area contributed by atoms with E-state index in [0.29, 0.717) is 5.75 Å². The average Bonchev–Trinajstić information content (AvgIpc) is 1.98. The molecule has 0 aliphatic rings. The van der Waals surface area contributed by atoms with E-state index in [0.717, 1.165) is 0 Å². The van der Waals surface area contributed by atoms with Crippen molar-refractivity contribution in [3.05, 3.63) is 24.0 Å². The zero-order valence-electron chi connectivity index (χ0n) is 7.17. The molecule has 0 heterocycles. The van der Waals surface area contributed by atoms with Crippen molar-refractivity contribution in [3.63, 3.8) is 0 Å². The van der Waals surface area contributed by atoms with Crippen molar-refractivity contribution >= 4 is 5.69 Å². The predicted octanol–water partition coefficient (Wildman–Crippen LogP) is 2.20. The number of hydrogen-bond donors (Lipinski definition) is 1. The molecular formula is C9H12FNO. The molecule has 66 valence electrons. The van der Waals surface area contributed by atoms with E-state index < -0.39 is 5.82 Å². The smallest absolute Gasteiger partial charge is 0.149 e. The first-order chi connectivity index (χ1) is 5.61. The monoisotopic (exact) mass is 169 g/mol. The molecule has 0 fully saturated rings. The van der Waals surface area contributed by atoms with E-state index in [1.807, 2.05) is 13.8 Å². The number of para-hydroxylation sites is 1. The van der Waals surface area contributed by atoms with Crippen LogP contribution in [0.1, 0.15) is 13.8 Å². The Morgan fingerprint density at radius 3 is 2.67 bits per heavy atom. The Hall–Kier alpha value is -1.25. The van der Waals surface area contributed by atoms with Gasteiger partial charge in [-0.15, -0.1) is 0 Å². The van der Waals surface area contributed by atoms with E-state index >= 15 is 0 Å². The van der Waals surface area contributed by atoms with E-state index in [1.165, 1.54) is 6.07 Å². The standard InChI is InChI=1S/C9H12FNO/c1-6(2)12-8-5-3-4-7(10)9(8)11/h3-6H,11H2,1-2H3. The molecule has 1 aromatic carbocycles. The normalized spacial score (nSPS) is 10.3. The van der Waals surface area contributed by atoms with Gasteiger partial charge in [0.25, 0.3) is 0 Å². The van der Waals surface area contributed by atoms with Crippen LogP contribution in [0.3, 0.4) is 0 Å². The van der Waals surface area contributed by atoms with Crippen LogP contribution in [-0.4, -0.2) is 6.10 Å². The molecule has 0 aliphatic heterocycles. The number of nitrogen functional groups attached to an aromatic ring is 1. The number of rotatable bonds is 2. The molecule has 0 bridgehead atoms. The van der Waals surface area contributed by atoms with Crippen molar-refractivity contribution in [1.82, 2.24) is 0 Å². The highest BCUT2D eigenvalue weighted by molar-refractivity contribution is 5.53. The lowest BCUT2D eigenvalue weighted by molar-refractivity contribution is 0.243. The van der Waals surface area contributed by atoms with Gasteiger partial charge in [0.05, 0.1) is 6.10 Å². The van der Waals surface area contributed by atoms with Crippen LogP contribution < -0.4 is 10.5 Å². The van der Waals surface area contributed by atoms with Crippen molar-refractivity contribution in [1.29, 1.82) is 0 Å². The molecule has 1 rings (SSSR count). The minimum absolute atomic E-state index is 0.00843. The van der Waals surface area contributed by atoms with Crippen LogP contribution in [0.15, 0.2) is 18.2 Å². The van der Waals surface area contributed by atoms with E-state index in [4.69, 9.17) is 10.5 Å². The van der Waals surface area contributed by atoms with Gasteiger partial charge in [-0.3, -0.25) is 0 Å². The summed E-state index contributed by atoms with van der Waals surface area (Å²) in [5.41, 5.74) is 5.51. The Bertz CT molecular complexity index is 273. The third-order valence-electron chi connectivity index (χ3n) is 1.38. The number of benzene rings is 1. The van der Waals surface area contributed by atoms with Crippen LogP contribution >= 0.6 is 0 Å². The van der Waals surface area contributed by atoms with Crippen molar-refractivity contribution in [3.8, 4) is 5.75 Å². The highest BCUT2D eigenvalue weighted by atomic mass is 19.1. The Balaban J connectivity index is 2.92. The summed E-state index contributed by atoms with van der Waals surface area (Å²) in [4.78, 5) is 0. The summed E-state index contributed by atoms with van der Waals surface area (Å²) < 4.78 is 18.1. The van der Waals surface area contributed by atoms with E-state index in [9.17, 15) is 4.39 Å². The van der Waals surface area contributed by atoms with Crippen molar-refractivity contribution in [2.45, 2.75) is 20.0 Å². The van der Waals surface area contributed by atoms with Gasteiger partial charge in [0.1, 0.15) is 17.3 Å². The summed E-state index contributed by atoms with van der Waals surface area (Å²) in [7, 11) is 0. The van der Waals surface area contributed by atoms with Gasteiger partial charge >= 0.3 is 0 Å². The quantitative estimate of drug-likeness (QED) is 0.689. The largest absolute Gasteiger partial charge is 0.489 e. The lowest BCUT2D eigenvalue weighted by atomic mass is 10.3. The molecule has 0 aliphatic carbocycles. The van der Waals surface area contributed by atoms with Gasteiger partial charge in [-0.05, 0) is 26.0 Å². The molecule has 0 unspecified atom stereocenters. The van der Waals surface area contributed by atoms with Gasteiger partial charge in [-0.1, -0.05) is 6.07 Å². The molecule has 3 heteroatoms. The second kappa shape index (κ2) is 3.43. The number of hydrogen-bond acceptors (Lipinski definition) is 2. The molecule has 0 saturated heterocycles. The van der Waals surface area contributed by atoms with Crippen LogP contribution in [0.4, 0.5) is 10.1 Å². The average molecular weight is 169 g/mol. The van der Waals surface area contributed by atoms with E-state index in [1.54, 1.807) is 12.1 Å². The SMILES string of the molecule is CC(C)Oc1cccc(F)c1N. The van der Waals surface area contributed by atoms with Crippen LogP contribution in [0.5, 0.6) is 5.75 Å². The Morgan fingerprint density at radius 2 is 2.08 bits per heavy atom. The molecule has 2 N–H and O–H groups in total. The Morgan fingerprint density at radius 1 is 1.42 bits per heavy atom.